The summed E-state index contributed by atoms with van der Waals surface area (Å²) in [5.41, 5.74) is 1.09. The Bertz CT molecular complexity index is 264. The normalized spacial score (nSPS) is 23.1. The Kier molecular flexibility index (Phi) is 4.38. The van der Waals surface area contributed by atoms with E-state index in [0.717, 1.165) is 24.8 Å². The second kappa shape index (κ2) is 5.03. The van der Waals surface area contributed by atoms with Gasteiger partial charge in [0.25, 0.3) is 0 Å². The molecule has 0 fully saturated rings. The SMILES string of the molecule is CC(C)(C)[Si](C)(C)OCC1=CCCC[C@H]1O. The van der Waals surface area contributed by atoms with Crippen LogP contribution in [0.2, 0.25) is 18.1 Å². The van der Waals surface area contributed by atoms with E-state index in [-0.39, 0.29) is 11.1 Å². The Hall–Kier alpha value is -0.123. The highest BCUT2D eigenvalue weighted by Gasteiger charge is 2.37. The summed E-state index contributed by atoms with van der Waals surface area (Å²) in [4.78, 5) is 0. The molecule has 1 atom stereocenters. The predicted octanol–water partition coefficient (Wildman–Crippen LogP) is 3.48. The number of hydrogen-bond donors (Lipinski definition) is 1. The van der Waals surface area contributed by atoms with Crippen LogP contribution in [0.5, 0.6) is 0 Å². The molecule has 94 valence electrons. The highest BCUT2D eigenvalue weighted by Crippen LogP contribution is 2.37. The molecule has 0 radical (unpaired) electrons. The molecular weight excluding hydrogens is 216 g/mol. The zero-order valence-corrected chi connectivity index (χ0v) is 12.3. The van der Waals surface area contributed by atoms with Crippen LogP contribution in [0.1, 0.15) is 40.0 Å². The van der Waals surface area contributed by atoms with E-state index in [1.165, 1.54) is 0 Å². The first-order valence-corrected chi connectivity index (χ1v) is 9.16. The minimum atomic E-state index is -1.67. The second-order valence-corrected chi connectivity index (χ2v) is 11.1. The van der Waals surface area contributed by atoms with Crippen molar-refractivity contribution in [1.29, 1.82) is 0 Å². The first kappa shape index (κ1) is 13.9. The summed E-state index contributed by atoms with van der Waals surface area (Å²) in [5, 5.41) is 10.1. The first-order chi connectivity index (χ1) is 7.24. The highest BCUT2D eigenvalue weighted by atomic mass is 28.4. The molecule has 1 rings (SSSR count). The van der Waals surface area contributed by atoms with Crippen molar-refractivity contribution in [2.75, 3.05) is 6.61 Å². The standard InChI is InChI=1S/C13H26O2Si/c1-13(2,3)16(4,5)15-10-11-8-6-7-9-12(11)14/h8,12,14H,6-7,9-10H2,1-5H3/t12-/m1/s1. The smallest absolute Gasteiger partial charge is 0.192 e. The zero-order chi connectivity index (χ0) is 12.4. The van der Waals surface area contributed by atoms with Gasteiger partial charge in [-0.05, 0) is 43.0 Å². The fourth-order valence-corrected chi connectivity index (χ4v) is 2.52. The van der Waals surface area contributed by atoms with Crippen molar-refractivity contribution < 1.29 is 9.53 Å². The van der Waals surface area contributed by atoms with Crippen LogP contribution in [0.25, 0.3) is 0 Å². The zero-order valence-electron chi connectivity index (χ0n) is 11.3. The van der Waals surface area contributed by atoms with E-state index in [0.29, 0.717) is 6.61 Å². The lowest BCUT2D eigenvalue weighted by Crippen LogP contribution is -2.41. The molecule has 1 aliphatic carbocycles. The Labute approximate surface area is 101 Å². The first-order valence-electron chi connectivity index (χ1n) is 6.25. The summed E-state index contributed by atoms with van der Waals surface area (Å²) < 4.78 is 6.11. The third-order valence-electron chi connectivity index (χ3n) is 3.92. The topological polar surface area (TPSA) is 29.5 Å². The molecule has 0 unspecified atom stereocenters. The molecule has 0 aromatic carbocycles. The van der Waals surface area contributed by atoms with Crippen molar-refractivity contribution in [1.82, 2.24) is 0 Å². The van der Waals surface area contributed by atoms with Gasteiger partial charge >= 0.3 is 0 Å². The average Bonchev–Trinajstić information content (AvgIpc) is 2.15. The molecule has 0 saturated carbocycles. The predicted molar refractivity (Wildman–Crippen MR) is 71.1 cm³/mol. The molecule has 0 saturated heterocycles. The molecule has 16 heavy (non-hydrogen) atoms. The van der Waals surface area contributed by atoms with Crippen molar-refractivity contribution in [3.05, 3.63) is 11.6 Å². The molecule has 0 spiro atoms. The van der Waals surface area contributed by atoms with Crippen LogP contribution in [0.3, 0.4) is 0 Å². The van der Waals surface area contributed by atoms with Crippen LogP contribution in [0.15, 0.2) is 11.6 Å². The van der Waals surface area contributed by atoms with E-state index in [1.54, 1.807) is 0 Å². The van der Waals surface area contributed by atoms with Gasteiger partial charge in [-0.3, -0.25) is 0 Å². The molecule has 3 heteroatoms. The molecule has 0 bridgehead atoms. The van der Waals surface area contributed by atoms with Gasteiger partial charge in [-0.25, -0.2) is 0 Å². The third-order valence-corrected chi connectivity index (χ3v) is 8.40. The second-order valence-electron chi connectivity index (χ2n) is 6.27. The Morgan fingerprint density at radius 2 is 2.06 bits per heavy atom. The quantitative estimate of drug-likeness (QED) is 0.606. The van der Waals surface area contributed by atoms with Gasteiger partial charge in [0.05, 0.1) is 12.7 Å². The highest BCUT2D eigenvalue weighted by molar-refractivity contribution is 6.74. The molecule has 0 aliphatic heterocycles. The van der Waals surface area contributed by atoms with Gasteiger partial charge in [-0.1, -0.05) is 26.8 Å². The Balaban J connectivity index is 2.54. The van der Waals surface area contributed by atoms with Crippen LogP contribution in [0.4, 0.5) is 0 Å². The third kappa shape index (κ3) is 3.44. The minimum absolute atomic E-state index is 0.243. The van der Waals surface area contributed by atoms with Crippen molar-refractivity contribution in [3.63, 3.8) is 0 Å². The van der Waals surface area contributed by atoms with E-state index in [2.05, 4.69) is 39.9 Å². The van der Waals surface area contributed by atoms with E-state index in [1.807, 2.05) is 0 Å². The number of allylic oxidation sites excluding steroid dienone is 1. The summed E-state index contributed by atoms with van der Waals surface area (Å²) in [7, 11) is -1.67. The summed E-state index contributed by atoms with van der Waals surface area (Å²) in [5.74, 6) is 0. The Morgan fingerprint density at radius 1 is 1.44 bits per heavy atom. The molecule has 1 N–H and O–H groups in total. The number of rotatable bonds is 3. The van der Waals surface area contributed by atoms with Gasteiger partial charge in [0.2, 0.25) is 0 Å². The van der Waals surface area contributed by atoms with Gasteiger partial charge in [-0.2, -0.15) is 0 Å². The lowest BCUT2D eigenvalue weighted by atomic mass is 9.97. The van der Waals surface area contributed by atoms with Gasteiger partial charge < -0.3 is 9.53 Å². The Morgan fingerprint density at radius 3 is 2.56 bits per heavy atom. The van der Waals surface area contributed by atoms with Crippen molar-refractivity contribution in [2.45, 2.75) is 64.3 Å². The maximum Gasteiger partial charge on any atom is 0.192 e. The van der Waals surface area contributed by atoms with Crippen molar-refractivity contribution in [2.24, 2.45) is 0 Å². The maximum absolute atomic E-state index is 9.84. The lowest BCUT2D eigenvalue weighted by Gasteiger charge is -2.37. The van der Waals surface area contributed by atoms with Crippen molar-refractivity contribution >= 4 is 8.32 Å². The van der Waals surface area contributed by atoms with Crippen LogP contribution in [-0.2, 0) is 4.43 Å². The number of hydrogen-bond acceptors (Lipinski definition) is 2. The van der Waals surface area contributed by atoms with E-state index in [4.69, 9.17) is 4.43 Å². The minimum Gasteiger partial charge on any atom is -0.413 e. The summed E-state index contributed by atoms with van der Waals surface area (Å²) in [6, 6.07) is 0. The monoisotopic (exact) mass is 242 g/mol. The molecule has 2 nitrogen and oxygen atoms in total. The molecule has 0 heterocycles. The molecule has 0 aromatic heterocycles. The van der Waals surface area contributed by atoms with Crippen LogP contribution < -0.4 is 0 Å². The summed E-state index contributed by atoms with van der Waals surface area (Å²) >= 11 is 0. The van der Waals surface area contributed by atoms with Gasteiger partial charge in [-0.15, -0.1) is 0 Å². The fourth-order valence-electron chi connectivity index (χ4n) is 1.56. The van der Waals surface area contributed by atoms with E-state index < -0.39 is 8.32 Å². The maximum atomic E-state index is 9.84. The summed E-state index contributed by atoms with van der Waals surface area (Å²) in [6.45, 7) is 11.9. The average molecular weight is 242 g/mol. The van der Waals surface area contributed by atoms with Gasteiger partial charge in [0.1, 0.15) is 0 Å². The molecular formula is C13H26O2Si. The van der Waals surface area contributed by atoms with Crippen LogP contribution in [0, 0.1) is 0 Å². The van der Waals surface area contributed by atoms with Crippen LogP contribution in [-0.4, -0.2) is 26.1 Å². The van der Waals surface area contributed by atoms with Gasteiger partial charge in [0, 0.05) is 0 Å². The van der Waals surface area contributed by atoms with Crippen molar-refractivity contribution in [3.8, 4) is 0 Å². The van der Waals surface area contributed by atoms with E-state index >= 15 is 0 Å². The number of aliphatic hydroxyl groups is 1. The summed E-state index contributed by atoms with van der Waals surface area (Å²) in [6.07, 6.45) is 4.98. The molecule has 1 aliphatic rings. The molecule has 0 amide bonds. The number of aliphatic hydroxyl groups excluding tert-OH is 1. The van der Waals surface area contributed by atoms with Crippen LogP contribution >= 0.6 is 0 Å². The fraction of sp³-hybridized carbons (Fsp3) is 0.846. The lowest BCUT2D eigenvalue weighted by molar-refractivity contribution is 0.170. The molecule has 0 aromatic rings. The largest absolute Gasteiger partial charge is 0.413 e. The van der Waals surface area contributed by atoms with E-state index in [9.17, 15) is 5.11 Å². The van der Waals surface area contributed by atoms with Gasteiger partial charge in [0.15, 0.2) is 8.32 Å².